The molecular weight excluding hydrogens is 745 g/mol. The zero-order valence-corrected chi connectivity index (χ0v) is 34.9. The van der Waals surface area contributed by atoms with Crippen LogP contribution < -0.4 is 10.6 Å². The number of aromatic nitrogens is 4. The molecule has 16 heteroatoms. The number of carbonyl (C=O) groups is 4. The van der Waals surface area contributed by atoms with Crippen LogP contribution in [0.5, 0.6) is 0 Å². The van der Waals surface area contributed by atoms with Crippen LogP contribution in [0.2, 0.25) is 0 Å². The van der Waals surface area contributed by atoms with Gasteiger partial charge >= 0.3 is 12.2 Å². The molecular formula is C42H56N8O8. The van der Waals surface area contributed by atoms with Gasteiger partial charge in [-0.1, -0.05) is 76.2 Å². The summed E-state index contributed by atoms with van der Waals surface area (Å²) in [5, 5.41) is 5.25. The van der Waals surface area contributed by atoms with E-state index in [1.54, 1.807) is 36.3 Å². The Bertz CT molecular complexity index is 2000. The van der Waals surface area contributed by atoms with Crippen molar-refractivity contribution in [2.45, 2.75) is 77.9 Å². The predicted octanol–water partition coefficient (Wildman–Crippen LogP) is 6.10. The number of likely N-dealkylation sites (N-methyl/N-ethyl adjacent to an activating group) is 2. The largest absolute Gasteiger partial charge is 0.453 e. The zero-order valence-electron chi connectivity index (χ0n) is 34.9. The van der Waals surface area contributed by atoms with Gasteiger partial charge in [-0.2, -0.15) is 0 Å². The molecule has 2 aromatic heterocycles. The third kappa shape index (κ3) is 10.0. The van der Waals surface area contributed by atoms with Crippen molar-refractivity contribution in [1.82, 2.24) is 40.4 Å². The van der Waals surface area contributed by atoms with Crippen molar-refractivity contribution >= 4 is 24.0 Å². The van der Waals surface area contributed by atoms with Crippen LogP contribution in [0.25, 0.3) is 22.4 Å². The van der Waals surface area contributed by atoms with Gasteiger partial charge in [0.05, 0.1) is 63.3 Å². The molecule has 1 aliphatic rings. The van der Waals surface area contributed by atoms with E-state index in [2.05, 4.69) is 67.0 Å². The molecule has 0 radical (unpaired) electrons. The number of hydrogen-bond donors (Lipinski definition) is 4. The standard InChI is InChI=1S/C42H56N8O8/c1-23(2)34(47-41(53)55-9)38(51)49(7)25(5)36-43-19-32(45-36)30-17-15-28(16-18-30)27-11-13-29(14-12-27)31-21-57-40(58-22-31)33-20-44-37(46-33)26(6)50(8)39(52)35(24(3)4)48-42(54)56-10/h11-20,23-26,31,34-35,40H,21-22H2,1-10H3,(H,43,45)(H,44,46)(H,47,53)(H,48,54)/t25-,26-,31?,34-,35-,40?/m1/s1. The summed E-state index contributed by atoms with van der Waals surface area (Å²) in [5.41, 5.74) is 5.64. The van der Waals surface area contributed by atoms with Gasteiger partial charge in [-0.25, -0.2) is 19.6 Å². The van der Waals surface area contributed by atoms with Gasteiger partial charge in [-0.05, 0) is 47.9 Å². The quantitative estimate of drug-likeness (QED) is 0.116. The van der Waals surface area contributed by atoms with Crippen molar-refractivity contribution in [2.24, 2.45) is 11.8 Å². The normalized spacial score (nSPS) is 17.5. The maximum absolute atomic E-state index is 13.3. The Morgan fingerprint density at radius 1 is 0.672 bits per heavy atom. The average molecular weight is 801 g/mol. The SMILES string of the molecule is COC(=O)N[C@@H](C(=O)N(C)[C@H](C)c1ncc(-c2ccc(-c3ccc(C4COC(c5cnc([C@@H](C)N(C)C(=O)[C@H](NC(=O)OC)C(C)C)[nH]5)OC4)cc3)cc2)[nH]1)C(C)C. The van der Waals surface area contributed by atoms with Gasteiger partial charge < -0.3 is 49.3 Å². The van der Waals surface area contributed by atoms with Crippen LogP contribution in [0.3, 0.4) is 0 Å². The molecule has 4 aromatic rings. The minimum Gasteiger partial charge on any atom is -0.453 e. The Kier molecular flexibility index (Phi) is 14.3. The first-order valence-electron chi connectivity index (χ1n) is 19.4. The average Bonchev–Trinajstić information content (AvgIpc) is 3.94. The lowest BCUT2D eigenvalue weighted by molar-refractivity contribution is -0.193. The summed E-state index contributed by atoms with van der Waals surface area (Å²) >= 11 is 0. The minimum atomic E-state index is -0.749. The Balaban J connectivity index is 1.15. The topological polar surface area (TPSA) is 193 Å². The maximum Gasteiger partial charge on any atom is 0.407 e. The van der Waals surface area contributed by atoms with Crippen LogP contribution in [-0.2, 0) is 28.5 Å². The second-order valence-electron chi connectivity index (χ2n) is 15.3. The Morgan fingerprint density at radius 3 is 1.57 bits per heavy atom. The number of rotatable bonds is 14. The van der Waals surface area contributed by atoms with Gasteiger partial charge in [-0.15, -0.1) is 0 Å². The lowest BCUT2D eigenvalue weighted by atomic mass is 9.96. The van der Waals surface area contributed by atoms with Gasteiger partial charge in [0.2, 0.25) is 18.1 Å². The molecule has 1 aliphatic heterocycles. The third-order valence-electron chi connectivity index (χ3n) is 10.7. The molecule has 16 nitrogen and oxygen atoms in total. The molecule has 0 bridgehead atoms. The summed E-state index contributed by atoms with van der Waals surface area (Å²) in [7, 11) is 5.89. The molecule has 1 fully saturated rings. The summed E-state index contributed by atoms with van der Waals surface area (Å²) in [6.45, 7) is 12.1. The summed E-state index contributed by atoms with van der Waals surface area (Å²) in [4.78, 5) is 69.0. The first-order chi connectivity index (χ1) is 27.6. The first-order valence-corrected chi connectivity index (χ1v) is 19.4. The van der Waals surface area contributed by atoms with Gasteiger partial charge in [0.15, 0.2) is 0 Å². The molecule has 312 valence electrons. The van der Waals surface area contributed by atoms with Crippen LogP contribution in [0, 0.1) is 11.8 Å². The van der Waals surface area contributed by atoms with Crippen molar-refractivity contribution in [3.63, 3.8) is 0 Å². The highest BCUT2D eigenvalue weighted by molar-refractivity contribution is 5.86. The van der Waals surface area contributed by atoms with E-state index in [0.29, 0.717) is 30.6 Å². The number of H-pyrrole nitrogens is 2. The zero-order chi connectivity index (χ0) is 42.3. The number of methoxy groups -OCH3 is 2. The molecule has 58 heavy (non-hydrogen) atoms. The number of carbonyl (C=O) groups excluding carboxylic acids is 4. The number of nitrogens with one attached hydrogen (secondary N) is 4. The number of nitrogens with zero attached hydrogens (tertiary/aromatic N) is 4. The monoisotopic (exact) mass is 800 g/mol. The van der Waals surface area contributed by atoms with Crippen LogP contribution in [0.4, 0.5) is 9.59 Å². The number of imidazole rings is 2. The summed E-state index contributed by atoms with van der Waals surface area (Å²) in [5.74, 6) is 0.453. The van der Waals surface area contributed by atoms with Crippen molar-refractivity contribution in [1.29, 1.82) is 0 Å². The van der Waals surface area contributed by atoms with Gasteiger partial charge in [-0.3, -0.25) is 9.59 Å². The van der Waals surface area contributed by atoms with E-state index in [9.17, 15) is 19.2 Å². The molecule has 2 aromatic carbocycles. The second kappa shape index (κ2) is 19.1. The fourth-order valence-corrected chi connectivity index (χ4v) is 6.63. The van der Waals surface area contributed by atoms with Crippen LogP contribution in [-0.4, -0.2) is 107 Å². The summed E-state index contributed by atoms with van der Waals surface area (Å²) in [6, 6.07) is 14.3. The Labute approximate surface area is 339 Å². The Hall–Kier alpha value is -5.74. The third-order valence-corrected chi connectivity index (χ3v) is 10.7. The lowest BCUT2D eigenvalue weighted by Crippen LogP contribution is -2.50. The number of aromatic amines is 2. The number of ether oxygens (including phenoxy) is 4. The molecule has 5 rings (SSSR count). The van der Waals surface area contributed by atoms with Crippen molar-refractivity contribution in [3.05, 3.63) is 83.8 Å². The highest BCUT2D eigenvalue weighted by Crippen LogP contribution is 2.32. The molecule has 1 saturated heterocycles. The Morgan fingerprint density at radius 2 is 1.10 bits per heavy atom. The van der Waals surface area contributed by atoms with Crippen molar-refractivity contribution in [3.8, 4) is 22.4 Å². The fourth-order valence-electron chi connectivity index (χ4n) is 6.63. The molecule has 4 amide bonds. The van der Waals surface area contributed by atoms with E-state index < -0.39 is 36.6 Å². The molecule has 0 saturated carbocycles. The van der Waals surface area contributed by atoms with E-state index in [1.807, 2.05) is 53.7 Å². The van der Waals surface area contributed by atoms with Crippen molar-refractivity contribution < 1.29 is 38.1 Å². The highest BCUT2D eigenvalue weighted by atomic mass is 16.7. The van der Waals surface area contributed by atoms with Crippen LogP contribution in [0.15, 0.2) is 60.9 Å². The van der Waals surface area contributed by atoms with Crippen LogP contribution in [0.1, 0.15) is 88.7 Å². The molecule has 0 spiro atoms. The molecule has 4 atom stereocenters. The number of alkyl carbamates (subject to hydrolysis) is 2. The maximum atomic E-state index is 13.3. The number of benzene rings is 2. The van der Waals surface area contributed by atoms with E-state index in [1.165, 1.54) is 14.2 Å². The van der Waals surface area contributed by atoms with E-state index in [-0.39, 0.29) is 35.6 Å². The second-order valence-corrected chi connectivity index (χ2v) is 15.3. The smallest absolute Gasteiger partial charge is 0.407 e. The fraction of sp³-hybridized carbons (Fsp3) is 0.476. The number of hydrogen-bond acceptors (Lipinski definition) is 10. The molecule has 4 N–H and O–H groups in total. The van der Waals surface area contributed by atoms with E-state index in [4.69, 9.17) is 18.9 Å². The molecule has 3 heterocycles. The lowest BCUT2D eigenvalue weighted by Gasteiger charge is -2.30. The molecule has 0 unspecified atom stereocenters. The highest BCUT2D eigenvalue weighted by Gasteiger charge is 2.33. The molecule has 0 aliphatic carbocycles. The summed E-state index contributed by atoms with van der Waals surface area (Å²) < 4.78 is 21.7. The van der Waals surface area contributed by atoms with E-state index in [0.717, 1.165) is 27.9 Å². The minimum absolute atomic E-state index is 0.0414. The summed E-state index contributed by atoms with van der Waals surface area (Å²) in [6.07, 6.45) is 1.47. The number of amides is 4. The predicted molar refractivity (Wildman–Crippen MR) is 216 cm³/mol. The van der Waals surface area contributed by atoms with Gasteiger partial charge in [0.1, 0.15) is 23.7 Å². The van der Waals surface area contributed by atoms with Crippen molar-refractivity contribution in [2.75, 3.05) is 41.5 Å². The van der Waals surface area contributed by atoms with Crippen LogP contribution >= 0.6 is 0 Å². The van der Waals surface area contributed by atoms with Gasteiger partial charge in [0.25, 0.3) is 0 Å². The van der Waals surface area contributed by atoms with Gasteiger partial charge in [0, 0.05) is 20.0 Å². The van der Waals surface area contributed by atoms with E-state index >= 15 is 0 Å². The first kappa shape index (κ1) is 43.4.